The van der Waals surface area contributed by atoms with E-state index in [2.05, 4.69) is 4.98 Å². The van der Waals surface area contributed by atoms with Crippen LogP contribution in [0.15, 0.2) is 41.2 Å². The molecule has 1 atom stereocenters. The number of pyridine rings is 1. The Hall–Kier alpha value is -3.79. The maximum Gasteiger partial charge on any atom is 0.341 e. The van der Waals surface area contributed by atoms with Crippen molar-refractivity contribution in [2.45, 2.75) is 25.8 Å². The first kappa shape index (κ1) is 21.5. The third kappa shape index (κ3) is 5.14. The van der Waals surface area contributed by atoms with E-state index in [1.807, 2.05) is 0 Å². The van der Waals surface area contributed by atoms with Crippen LogP contribution in [-0.2, 0) is 14.4 Å². The number of carbonyl (C=O) groups is 4. The van der Waals surface area contributed by atoms with Gasteiger partial charge in [0, 0.05) is 19.0 Å². The molecular weight excluding hydrogens is 380 g/mol. The Morgan fingerprint density at radius 2 is 1.72 bits per heavy atom. The van der Waals surface area contributed by atoms with E-state index < -0.39 is 35.3 Å². The summed E-state index contributed by atoms with van der Waals surface area (Å²) in [6.45, 7) is 1.20. The maximum absolute atomic E-state index is 12.5. The molecule has 0 radical (unpaired) electrons. The molecule has 0 bridgehead atoms. The molecule has 29 heavy (non-hydrogen) atoms. The van der Waals surface area contributed by atoms with Crippen LogP contribution in [0.2, 0.25) is 0 Å². The zero-order valence-corrected chi connectivity index (χ0v) is 15.5. The van der Waals surface area contributed by atoms with Gasteiger partial charge in [0.25, 0.3) is 11.5 Å². The van der Waals surface area contributed by atoms with Gasteiger partial charge >= 0.3 is 5.97 Å². The standard InChI is InChI=1S/C19H20N4O6/c1-10(24)23(18(27)14(20)7-9-16(21)25)12-4-2-11(3-5-12)15-8-6-13(19(28)29)17(26)22-15/h2-6,8,14H,7,9,20H2,1H3,(H2,21,25)(H,22,26)(H,28,29)/t14-/m0/s1. The van der Waals surface area contributed by atoms with Gasteiger partial charge in [-0.15, -0.1) is 0 Å². The van der Waals surface area contributed by atoms with Gasteiger partial charge in [-0.25, -0.2) is 9.69 Å². The summed E-state index contributed by atoms with van der Waals surface area (Å²) in [7, 11) is 0. The summed E-state index contributed by atoms with van der Waals surface area (Å²) in [6, 6.07) is 7.63. The highest BCUT2D eigenvalue weighted by molar-refractivity contribution is 6.15. The van der Waals surface area contributed by atoms with Gasteiger partial charge in [0.2, 0.25) is 11.8 Å². The Morgan fingerprint density at radius 1 is 1.10 bits per heavy atom. The first-order chi connectivity index (χ1) is 13.6. The normalized spacial score (nSPS) is 11.5. The number of nitrogens with zero attached hydrogens (tertiary/aromatic N) is 1. The van der Waals surface area contributed by atoms with E-state index in [-0.39, 0.29) is 24.1 Å². The summed E-state index contributed by atoms with van der Waals surface area (Å²) in [4.78, 5) is 61.5. The second kappa shape index (κ2) is 8.93. The number of nitrogens with one attached hydrogen (secondary N) is 1. The summed E-state index contributed by atoms with van der Waals surface area (Å²) in [5.41, 5.74) is 10.9. The summed E-state index contributed by atoms with van der Waals surface area (Å²) >= 11 is 0. The van der Waals surface area contributed by atoms with Crippen LogP contribution in [0, 0.1) is 0 Å². The molecule has 1 aromatic heterocycles. The van der Waals surface area contributed by atoms with Crippen LogP contribution in [0.25, 0.3) is 11.3 Å². The Labute approximate surface area is 165 Å². The van der Waals surface area contributed by atoms with Crippen molar-refractivity contribution in [3.8, 4) is 11.3 Å². The van der Waals surface area contributed by atoms with E-state index in [1.54, 1.807) is 12.1 Å². The predicted octanol–water partition coefficient (Wildman–Crippen LogP) is 0.212. The van der Waals surface area contributed by atoms with Gasteiger partial charge in [-0.05, 0) is 36.2 Å². The van der Waals surface area contributed by atoms with E-state index in [1.165, 1.54) is 31.2 Å². The highest BCUT2D eigenvalue weighted by Crippen LogP contribution is 2.22. The third-order valence-electron chi connectivity index (χ3n) is 4.13. The molecule has 0 saturated carbocycles. The highest BCUT2D eigenvalue weighted by Gasteiger charge is 2.26. The van der Waals surface area contributed by atoms with Gasteiger partial charge in [0.15, 0.2) is 0 Å². The van der Waals surface area contributed by atoms with Crippen LogP contribution in [0.4, 0.5) is 5.69 Å². The number of aromatic nitrogens is 1. The number of anilines is 1. The fraction of sp³-hybridized carbons (Fsp3) is 0.211. The molecule has 0 fully saturated rings. The number of benzene rings is 1. The van der Waals surface area contributed by atoms with Crippen LogP contribution >= 0.6 is 0 Å². The number of aromatic carboxylic acids is 1. The van der Waals surface area contributed by atoms with Crippen LogP contribution in [0.1, 0.15) is 30.1 Å². The second-order valence-corrected chi connectivity index (χ2v) is 6.27. The fourth-order valence-electron chi connectivity index (χ4n) is 2.65. The number of rotatable bonds is 7. The average molecular weight is 400 g/mol. The van der Waals surface area contributed by atoms with Gasteiger partial charge in [-0.2, -0.15) is 0 Å². The van der Waals surface area contributed by atoms with Crippen LogP contribution in [0.3, 0.4) is 0 Å². The number of H-pyrrole nitrogens is 1. The molecular formula is C19H20N4O6. The zero-order chi connectivity index (χ0) is 21.7. The monoisotopic (exact) mass is 400 g/mol. The topological polar surface area (TPSA) is 177 Å². The van der Waals surface area contributed by atoms with E-state index in [0.717, 1.165) is 4.90 Å². The lowest BCUT2D eigenvalue weighted by Crippen LogP contribution is -2.46. The van der Waals surface area contributed by atoms with Gasteiger partial charge in [-0.3, -0.25) is 19.2 Å². The molecule has 6 N–H and O–H groups in total. The number of carboxylic acids is 1. The van der Waals surface area contributed by atoms with Crippen LogP contribution in [-0.4, -0.2) is 39.8 Å². The quantitative estimate of drug-likeness (QED) is 0.513. The highest BCUT2D eigenvalue weighted by atomic mass is 16.4. The van der Waals surface area contributed by atoms with Crippen molar-refractivity contribution in [2.24, 2.45) is 11.5 Å². The summed E-state index contributed by atoms with van der Waals surface area (Å²) < 4.78 is 0. The Balaban J connectivity index is 2.28. The van der Waals surface area contributed by atoms with Crippen LogP contribution in [0.5, 0.6) is 0 Å². The SMILES string of the molecule is CC(=O)N(C(=O)[C@@H](N)CCC(N)=O)c1ccc(-c2ccc(C(=O)O)c(=O)[nH]2)cc1. The van der Waals surface area contributed by atoms with Crippen molar-refractivity contribution < 1.29 is 24.3 Å². The number of primary amides is 1. The average Bonchev–Trinajstić information content (AvgIpc) is 2.66. The van der Waals surface area contributed by atoms with Crippen molar-refractivity contribution in [2.75, 3.05) is 4.90 Å². The van der Waals surface area contributed by atoms with Crippen molar-refractivity contribution >= 4 is 29.4 Å². The number of nitrogens with two attached hydrogens (primary N) is 2. The van der Waals surface area contributed by atoms with Crippen molar-refractivity contribution in [3.63, 3.8) is 0 Å². The van der Waals surface area contributed by atoms with Gasteiger partial charge in [0.1, 0.15) is 5.56 Å². The molecule has 0 aliphatic heterocycles. The number of imide groups is 1. The molecule has 1 aromatic carbocycles. The maximum atomic E-state index is 12.5. The molecule has 152 valence electrons. The molecule has 1 heterocycles. The minimum Gasteiger partial charge on any atom is -0.477 e. The second-order valence-electron chi connectivity index (χ2n) is 6.27. The van der Waals surface area contributed by atoms with E-state index in [9.17, 15) is 24.0 Å². The number of hydrogen-bond acceptors (Lipinski definition) is 6. The lowest BCUT2D eigenvalue weighted by molar-refractivity contribution is -0.126. The summed E-state index contributed by atoms with van der Waals surface area (Å²) in [5.74, 6) is -3.17. The van der Waals surface area contributed by atoms with Gasteiger partial charge in [0.05, 0.1) is 11.7 Å². The number of carbonyl (C=O) groups excluding carboxylic acids is 3. The molecule has 0 spiro atoms. The number of carboxylic acid groups (broad SMARTS) is 1. The number of amides is 3. The molecule has 0 aliphatic rings. The van der Waals surface area contributed by atoms with Crippen molar-refractivity contribution in [3.05, 3.63) is 52.3 Å². The largest absolute Gasteiger partial charge is 0.477 e. The molecule has 0 aliphatic carbocycles. The van der Waals surface area contributed by atoms with E-state index in [0.29, 0.717) is 11.3 Å². The van der Waals surface area contributed by atoms with E-state index >= 15 is 0 Å². The summed E-state index contributed by atoms with van der Waals surface area (Å²) in [5, 5.41) is 8.92. The Morgan fingerprint density at radius 3 is 2.21 bits per heavy atom. The predicted molar refractivity (Wildman–Crippen MR) is 104 cm³/mol. The lowest BCUT2D eigenvalue weighted by Gasteiger charge is -2.23. The van der Waals surface area contributed by atoms with Crippen LogP contribution < -0.4 is 21.9 Å². The number of aromatic amines is 1. The summed E-state index contributed by atoms with van der Waals surface area (Å²) in [6.07, 6.45) is -0.0789. The Bertz CT molecular complexity index is 1010. The number of hydrogen-bond donors (Lipinski definition) is 4. The first-order valence-electron chi connectivity index (χ1n) is 8.57. The zero-order valence-electron chi connectivity index (χ0n) is 15.5. The smallest absolute Gasteiger partial charge is 0.341 e. The molecule has 2 rings (SSSR count). The van der Waals surface area contributed by atoms with Gasteiger partial charge < -0.3 is 21.6 Å². The molecule has 10 heteroatoms. The minimum absolute atomic E-state index is 0.00714. The molecule has 0 saturated heterocycles. The fourth-order valence-corrected chi connectivity index (χ4v) is 2.65. The molecule has 3 amide bonds. The third-order valence-corrected chi connectivity index (χ3v) is 4.13. The lowest BCUT2D eigenvalue weighted by atomic mass is 10.1. The molecule has 0 unspecified atom stereocenters. The minimum atomic E-state index is -1.34. The van der Waals surface area contributed by atoms with Crippen molar-refractivity contribution in [1.29, 1.82) is 0 Å². The Kier molecular flexibility index (Phi) is 6.63. The molecule has 2 aromatic rings. The van der Waals surface area contributed by atoms with Crippen molar-refractivity contribution in [1.82, 2.24) is 4.98 Å². The molecule has 10 nitrogen and oxygen atoms in total. The van der Waals surface area contributed by atoms with Gasteiger partial charge in [-0.1, -0.05) is 12.1 Å². The van der Waals surface area contributed by atoms with E-state index in [4.69, 9.17) is 16.6 Å². The first-order valence-corrected chi connectivity index (χ1v) is 8.57.